The summed E-state index contributed by atoms with van der Waals surface area (Å²) in [6.07, 6.45) is -0.507. The van der Waals surface area contributed by atoms with Gasteiger partial charge in [0.05, 0.1) is 13.2 Å². The molecule has 0 N–H and O–H groups in total. The molecule has 1 saturated heterocycles. The minimum absolute atomic E-state index is 0.246. The smallest absolute Gasteiger partial charge is 0.254 e. The minimum atomic E-state index is -0.507. The molecule has 0 radical (unpaired) electrons. The summed E-state index contributed by atoms with van der Waals surface area (Å²) in [6.45, 7) is 0.969. The highest BCUT2D eigenvalue weighted by Gasteiger charge is 2.27. The lowest BCUT2D eigenvalue weighted by molar-refractivity contribution is -0.0243. The number of halogens is 2. The van der Waals surface area contributed by atoms with Gasteiger partial charge in [0.2, 0.25) is 0 Å². The highest BCUT2D eigenvalue weighted by molar-refractivity contribution is 5.94. The quantitative estimate of drug-likeness (QED) is 0.853. The Morgan fingerprint density at radius 3 is 2.73 bits per heavy atom. The van der Waals surface area contributed by atoms with Crippen LogP contribution in [0.4, 0.5) is 8.78 Å². The summed E-state index contributed by atoms with van der Waals surface area (Å²) in [4.78, 5) is 14.0. The number of ether oxygens (including phenoxy) is 1. The highest BCUT2D eigenvalue weighted by atomic mass is 19.1. The monoisotopic (exact) mass is 303 g/mol. The molecule has 1 heterocycles. The van der Waals surface area contributed by atoms with Gasteiger partial charge in [-0.1, -0.05) is 24.3 Å². The van der Waals surface area contributed by atoms with Gasteiger partial charge >= 0.3 is 0 Å². The fraction of sp³-hybridized carbons (Fsp3) is 0.235. The molecule has 3 rings (SSSR count). The van der Waals surface area contributed by atoms with Crippen LogP contribution in [0.2, 0.25) is 0 Å². The summed E-state index contributed by atoms with van der Waals surface area (Å²) in [5, 5.41) is 0. The van der Waals surface area contributed by atoms with Crippen LogP contribution >= 0.6 is 0 Å². The van der Waals surface area contributed by atoms with Crippen molar-refractivity contribution in [3.63, 3.8) is 0 Å². The fourth-order valence-electron chi connectivity index (χ4n) is 2.56. The fourth-order valence-corrected chi connectivity index (χ4v) is 2.56. The van der Waals surface area contributed by atoms with Crippen molar-refractivity contribution in [1.82, 2.24) is 4.90 Å². The van der Waals surface area contributed by atoms with Crippen LogP contribution in [-0.2, 0) is 4.74 Å². The molecule has 0 saturated carbocycles. The van der Waals surface area contributed by atoms with Crippen molar-refractivity contribution in [2.75, 3.05) is 19.7 Å². The number of morpholine rings is 1. The second kappa shape index (κ2) is 6.23. The summed E-state index contributed by atoms with van der Waals surface area (Å²) in [5.74, 6) is -1.08. The van der Waals surface area contributed by atoms with Gasteiger partial charge in [-0.05, 0) is 24.3 Å². The van der Waals surface area contributed by atoms with Crippen LogP contribution in [0, 0.1) is 11.6 Å². The molecule has 5 heteroatoms. The maximum atomic E-state index is 13.8. The Labute approximate surface area is 127 Å². The molecule has 0 spiro atoms. The number of hydrogen-bond acceptors (Lipinski definition) is 2. The first kappa shape index (κ1) is 14.7. The van der Waals surface area contributed by atoms with E-state index >= 15 is 0 Å². The molecule has 3 nitrogen and oxygen atoms in total. The number of carbonyl (C=O) groups is 1. The third-order valence-corrected chi connectivity index (χ3v) is 3.68. The van der Waals surface area contributed by atoms with Gasteiger partial charge in [0, 0.05) is 17.7 Å². The third-order valence-electron chi connectivity index (χ3n) is 3.68. The number of amides is 1. The molecule has 1 unspecified atom stereocenters. The van der Waals surface area contributed by atoms with Gasteiger partial charge < -0.3 is 9.64 Å². The van der Waals surface area contributed by atoms with Crippen molar-refractivity contribution in [2.45, 2.75) is 6.10 Å². The summed E-state index contributed by atoms with van der Waals surface area (Å²) in [5.41, 5.74) is 0.716. The second-order valence-electron chi connectivity index (χ2n) is 5.14. The Balaban J connectivity index is 1.78. The second-order valence-corrected chi connectivity index (χ2v) is 5.14. The van der Waals surface area contributed by atoms with E-state index in [1.807, 2.05) is 0 Å². The average molecular weight is 303 g/mol. The van der Waals surface area contributed by atoms with Crippen LogP contribution in [0.15, 0.2) is 48.5 Å². The van der Waals surface area contributed by atoms with E-state index in [2.05, 4.69) is 0 Å². The molecule has 1 amide bonds. The van der Waals surface area contributed by atoms with Crippen LogP contribution in [0.5, 0.6) is 0 Å². The molecule has 22 heavy (non-hydrogen) atoms. The van der Waals surface area contributed by atoms with Gasteiger partial charge in [0.1, 0.15) is 17.7 Å². The third kappa shape index (κ3) is 2.99. The van der Waals surface area contributed by atoms with Gasteiger partial charge in [0.15, 0.2) is 0 Å². The zero-order valence-electron chi connectivity index (χ0n) is 11.8. The van der Waals surface area contributed by atoms with E-state index in [-0.39, 0.29) is 23.8 Å². The zero-order valence-corrected chi connectivity index (χ0v) is 11.8. The number of nitrogens with zero attached hydrogens (tertiary/aromatic N) is 1. The molecule has 1 atom stereocenters. The van der Waals surface area contributed by atoms with E-state index in [0.717, 1.165) is 0 Å². The number of carbonyl (C=O) groups excluding carboxylic acids is 1. The van der Waals surface area contributed by atoms with Crippen molar-refractivity contribution >= 4 is 5.91 Å². The van der Waals surface area contributed by atoms with Gasteiger partial charge in [-0.3, -0.25) is 4.79 Å². The maximum absolute atomic E-state index is 13.8. The lowest BCUT2D eigenvalue weighted by atomic mass is 10.1. The Morgan fingerprint density at radius 1 is 1.14 bits per heavy atom. The molecule has 0 aliphatic carbocycles. The van der Waals surface area contributed by atoms with Crippen molar-refractivity contribution in [3.05, 3.63) is 71.3 Å². The molecule has 1 aliphatic rings. The minimum Gasteiger partial charge on any atom is -0.370 e. The van der Waals surface area contributed by atoms with Crippen LogP contribution in [0.25, 0.3) is 0 Å². The van der Waals surface area contributed by atoms with Crippen LogP contribution in [-0.4, -0.2) is 30.5 Å². The first-order valence-corrected chi connectivity index (χ1v) is 7.06. The molecular weight excluding hydrogens is 288 g/mol. The average Bonchev–Trinajstić information content (AvgIpc) is 2.55. The number of benzene rings is 2. The normalized spacial score (nSPS) is 18.3. The standard InChI is InChI=1S/C17H15F2NO2/c18-13-5-3-4-12(10-13)17(21)20-8-9-22-16(11-20)14-6-1-2-7-15(14)19/h1-7,10,16H,8-9,11H2. The predicted molar refractivity (Wildman–Crippen MR) is 77.4 cm³/mol. The molecule has 1 aliphatic heterocycles. The Bertz CT molecular complexity index is 690. The van der Waals surface area contributed by atoms with E-state index in [4.69, 9.17) is 4.74 Å². The molecule has 0 bridgehead atoms. The van der Waals surface area contributed by atoms with Crippen molar-refractivity contribution in [3.8, 4) is 0 Å². The lowest BCUT2D eigenvalue weighted by Crippen LogP contribution is -2.42. The molecule has 2 aromatic carbocycles. The Kier molecular flexibility index (Phi) is 4.15. The van der Waals surface area contributed by atoms with Crippen LogP contribution in [0.1, 0.15) is 22.0 Å². The van der Waals surface area contributed by atoms with Gasteiger partial charge in [0.25, 0.3) is 5.91 Å². The largest absolute Gasteiger partial charge is 0.370 e. The summed E-state index contributed by atoms with van der Waals surface area (Å²) in [6, 6.07) is 11.9. The van der Waals surface area contributed by atoms with Crippen LogP contribution < -0.4 is 0 Å². The van der Waals surface area contributed by atoms with Gasteiger partial charge in [-0.15, -0.1) is 0 Å². The highest BCUT2D eigenvalue weighted by Crippen LogP contribution is 2.25. The molecule has 0 aromatic heterocycles. The topological polar surface area (TPSA) is 29.5 Å². The van der Waals surface area contributed by atoms with E-state index < -0.39 is 11.9 Å². The Morgan fingerprint density at radius 2 is 1.95 bits per heavy atom. The zero-order chi connectivity index (χ0) is 15.5. The van der Waals surface area contributed by atoms with Crippen LogP contribution in [0.3, 0.4) is 0 Å². The summed E-state index contributed by atoms with van der Waals surface area (Å²) < 4.78 is 32.7. The Hall–Kier alpha value is -2.27. The van der Waals surface area contributed by atoms with Crippen molar-refractivity contribution in [1.29, 1.82) is 0 Å². The number of hydrogen-bond donors (Lipinski definition) is 0. The molecular formula is C17H15F2NO2. The maximum Gasteiger partial charge on any atom is 0.254 e. The van der Waals surface area contributed by atoms with Crippen molar-refractivity contribution < 1.29 is 18.3 Å². The lowest BCUT2D eigenvalue weighted by Gasteiger charge is -2.33. The first-order valence-electron chi connectivity index (χ1n) is 7.06. The molecule has 2 aromatic rings. The van der Waals surface area contributed by atoms with E-state index in [9.17, 15) is 13.6 Å². The van der Waals surface area contributed by atoms with E-state index in [1.165, 1.54) is 24.3 Å². The number of rotatable bonds is 2. The van der Waals surface area contributed by atoms with E-state index in [0.29, 0.717) is 18.7 Å². The molecule has 114 valence electrons. The summed E-state index contributed by atoms with van der Waals surface area (Å²) >= 11 is 0. The first-order chi connectivity index (χ1) is 10.6. The predicted octanol–water partition coefficient (Wildman–Crippen LogP) is 3.18. The summed E-state index contributed by atoms with van der Waals surface area (Å²) in [7, 11) is 0. The SMILES string of the molecule is O=C(c1cccc(F)c1)N1CCOC(c2ccccc2F)C1. The van der Waals surface area contributed by atoms with E-state index in [1.54, 1.807) is 29.2 Å². The molecule has 1 fully saturated rings. The van der Waals surface area contributed by atoms with Crippen molar-refractivity contribution in [2.24, 2.45) is 0 Å². The van der Waals surface area contributed by atoms with Gasteiger partial charge in [-0.25, -0.2) is 8.78 Å². The van der Waals surface area contributed by atoms with Gasteiger partial charge in [-0.2, -0.15) is 0 Å².